The largest absolute Gasteiger partial charge is 0.478 e. The molecule has 0 aliphatic heterocycles. The molecule has 2 aromatic carbocycles. The second-order valence-electron chi connectivity index (χ2n) is 4.25. The van der Waals surface area contributed by atoms with Crippen LogP contribution in [0.5, 0.6) is 11.5 Å². The number of pyridine rings is 1. The van der Waals surface area contributed by atoms with Gasteiger partial charge in [-0.15, -0.1) is 0 Å². The zero-order valence-corrected chi connectivity index (χ0v) is 10.5. The molecule has 98 valence electrons. The monoisotopic (exact) mass is 265 g/mol. The van der Waals surface area contributed by atoms with Gasteiger partial charge in [-0.2, -0.15) is 0 Å². The van der Waals surface area contributed by atoms with Gasteiger partial charge in [0.2, 0.25) is 0 Å². The lowest BCUT2D eigenvalue weighted by Crippen LogP contribution is -2.00. The quantitative estimate of drug-likeness (QED) is 0.784. The molecular formula is C16H11NO3. The highest BCUT2D eigenvalue weighted by Crippen LogP contribution is 2.33. The number of aromatic carboxylic acids is 1. The topological polar surface area (TPSA) is 59.4 Å². The van der Waals surface area contributed by atoms with Gasteiger partial charge in [-0.1, -0.05) is 30.3 Å². The third kappa shape index (κ3) is 2.19. The molecule has 0 amide bonds. The standard InChI is InChI=1S/C16H11NO3/c18-16(19)14-6-5-11-3-1-2-4-13(11)15(14)20-12-7-9-17-10-8-12/h1-10H,(H,18,19). The molecule has 0 fully saturated rings. The van der Waals surface area contributed by atoms with Gasteiger partial charge < -0.3 is 9.84 Å². The molecule has 3 rings (SSSR count). The summed E-state index contributed by atoms with van der Waals surface area (Å²) in [5.74, 6) is -0.111. The highest BCUT2D eigenvalue weighted by Gasteiger charge is 2.15. The molecule has 0 spiro atoms. The molecular weight excluding hydrogens is 254 g/mol. The number of nitrogens with zero attached hydrogens (tertiary/aromatic N) is 1. The number of benzene rings is 2. The van der Waals surface area contributed by atoms with E-state index < -0.39 is 5.97 Å². The van der Waals surface area contributed by atoms with Crippen LogP contribution in [0.15, 0.2) is 60.9 Å². The molecule has 0 unspecified atom stereocenters. The van der Waals surface area contributed by atoms with Crippen molar-refractivity contribution in [2.45, 2.75) is 0 Å². The smallest absolute Gasteiger partial charge is 0.339 e. The Labute approximate surface area is 115 Å². The minimum absolute atomic E-state index is 0.139. The van der Waals surface area contributed by atoms with E-state index in [1.807, 2.05) is 24.3 Å². The molecule has 1 heterocycles. The van der Waals surface area contributed by atoms with Gasteiger partial charge >= 0.3 is 5.97 Å². The van der Waals surface area contributed by atoms with E-state index in [9.17, 15) is 9.90 Å². The van der Waals surface area contributed by atoms with Crippen LogP contribution in [-0.2, 0) is 0 Å². The Morgan fingerprint density at radius 3 is 2.50 bits per heavy atom. The van der Waals surface area contributed by atoms with E-state index in [1.165, 1.54) is 0 Å². The highest BCUT2D eigenvalue weighted by molar-refractivity contribution is 6.00. The number of hydrogen-bond acceptors (Lipinski definition) is 3. The minimum atomic E-state index is -1.01. The number of carboxylic acid groups (broad SMARTS) is 1. The molecule has 0 saturated heterocycles. The molecule has 0 atom stereocenters. The van der Waals surface area contributed by atoms with Crippen LogP contribution in [0.2, 0.25) is 0 Å². The van der Waals surface area contributed by atoms with E-state index >= 15 is 0 Å². The fourth-order valence-electron chi connectivity index (χ4n) is 2.05. The normalized spacial score (nSPS) is 10.4. The maximum atomic E-state index is 11.4. The lowest BCUT2D eigenvalue weighted by atomic mass is 10.1. The second kappa shape index (κ2) is 5.01. The van der Waals surface area contributed by atoms with Crippen molar-refractivity contribution < 1.29 is 14.6 Å². The summed E-state index contributed by atoms with van der Waals surface area (Å²) in [6.07, 6.45) is 3.20. The number of aromatic nitrogens is 1. The summed E-state index contributed by atoms with van der Waals surface area (Å²) in [6, 6.07) is 14.2. The fraction of sp³-hybridized carbons (Fsp3) is 0. The van der Waals surface area contributed by atoms with Crippen LogP contribution in [0, 0.1) is 0 Å². The summed E-state index contributed by atoms with van der Waals surface area (Å²) in [5.41, 5.74) is 0.139. The van der Waals surface area contributed by atoms with Crippen molar-refractivity contribution in [1.29, 1.82) is 0 Å². The number of rotatable bonds is 3. The Hall–Kier alpha value is -2.88. The molecule has 1 N–H and O–H groups in total. The van der Waals surface area contributed by atoms with Crippen LogP contribution in [-0.4, -0.2) is 16.1 Å². The van der Waals surface area contributed by atoms with E-state index in [4.69, 9.17) is 4.74 Å². The van der Waals surface area contributed by atoms with E-state index in [1.54, 1.807) is 36.7 Å². The van der Waals surface area contributed by atoms with E-state index in [0.29, 0.717) is 11.5 Å². The van der Waals surface area contributed by atoms with Gasteiger partial charge in [-0.3, -0.25) is 4.98 Å². The summed E-state index contributed by atoms with van der Waals surface area (Å²) >= 11 is 0. The fourth-order valence-corrected chi connectivity index (χ4v) is 2.05. The molecule has 3 aromatic rings. The number of carboxylic acids is 1. The maximum Gasteiger partial charge on any atom is 0.339 e. The second-order valence-corrected chi connectivity index (χ2v) is 4.25. The lowest BCUT2D eigenvalue weighted by Gasteiger charge is -2.11. The van der Waals surface area contributed by atoms with E-state index in [0.717, 1.165) is 10.8 Å². The first-order chi connectivity index (χ1) is 9.75. The van der Waals surface area contributed by atoms with Gasteiger partial charge in [0.1, 0.15) is 17.1 Å². The van der Waals surface area contributed by atoms with Crippen molar-refractivity contribution in [3.8, 4) is 11.5 Å². The van der Waals surface area contributed by atoms with Crippen molar-refractivity contribution in [3.05, 3.63) is 66.5 Å². The third-order valence-electron chi connectivity index (χ3n) is 2.98. The highest BCUT2D eigenvalue weighted by atomic mass is 16.5. The Morgan fingerprint density at radius 1 is 1.00 bits per heavy atom. The SMILES string of the molecule is O=C(O)c1ccc2ccccc2c1Oc1ccncc1. The molecule has 1 aromatic heterocycles. The van der Waals surface area contributed by atoms with Crippen molar-refractivity contribution in [2.75, 3.05) is 0 Å². The van der Waals surface area contributed by atoms with Crippen molar-refractivity contribution >= 4 is 16.7 Å². The Morgan fingerprint density at radius 2 is 1.75 bits per heavy atom. The van der Waals surface area contributed by atoms with Crippen LogP contribution in [0.3, 0.4) is 0 Å². The van der Waals surface area contributed by atoms with Crippen LogP contribution < -0.4 is 4.74 Å². The van der Waals surface area contributed by atoms with Gasteiger partial charge in [0.15, 0.2) is 0 Å². The van der Waals surface area contributed by atoms with Gasteiger partial charge in [0, 0.05) is 17.8 Å². The Balaban J connectivity index is 2.20. The third-order valence-corrected chi connectivity index (χ3v) is 2.98. The molecule has 4 heteroatoms. The summed E-state index contributed by atoms with van der Waals surface area (Å²) in [5, 5.41) is 11.0. The van der Waals surface area contributed by atoms with Crippen LogP contribution in [0.25, 0.3) is 10.8 Å². The van der Waals surface area contributed by atoms with Crippen LogP contribution in [0.4, 0.5) is 0 Å². The molecule has 0 bridgehead atoms. The molecule has 0 aliphatic rings. The summed E-state index contributed by atoms with van der Waals surface area (Å²) in [4.78, 5) is 15.3. The summed E-state index contributed by atoms with van der Waals surface area (Å²) < 4.78 is 5.76. The number of ether oxygens (including phenoxy) is 1. The summed E-state index contributed by atoms with van der Waals surface area (Å²) in [7, 11) is 0. The first-order valence-electron chi connectivity index (χ1n) is 6.08. The number of fused-ring (bicyclic) bond motifs is 1. The minimum Gasteiger partial charge on any atom is -0.478 e. The van der Waals surface area contributed by atoms with Crippen molar-refractivity contribution in [3.63, 3.8) is 0 Å². The van der Waals surface area contributed by atoms with Gasteiger partial charge in [0.05, 0.1) is 0 Å². The van der Waals surface area contributed by atoms with Gasteiger partial charge in [-0.25, -0.2) is 4.79 Å². The number of carbonyl (C=O) groups is 1. The first kappa shape index (κ1) is 12.2. The predicted molar refractivity (Wildman–Crippen MR) is 75.2 cm³/mol. The molecule has 0 aliphatic carbocycles. The van der Waals surface area contributed by atoms with Gasteiger partial charge in [-0.05, 0) is 23.6 Å². The predicted octanol–water partition coefficient (Wildman–Crippen LogP) is 3.73. The Kier molecular flexibility index (Phi) is 3.05. The van der Waals surface area contributed by atoms with E-state index in [-0.39, 0.29) is 5.56 Å². The maximum absolute atomic E-state index is 11.4. The average Bonchev–Trinajstić information content (AvgIpc) is 2.48. The lowest BCUT2D eigenvalue weighted by molar-refractivity contribution is 0.0694. The molecule has 0 saturated carbocycles. The molecule has 4 nitrogen and oxygen atoms in total. The zero-order chi connectivity index (χ0) is 13.9. The molecule has 20 heavy (non-hydrogen) atoms. The van der Waals surface area contributed by atoms with Crippen molar-refractivity contribution in [2.24, 2.45) is 0 Å². The number of hydrogen-bond donors (Lipinski definition) is 1. The average molecular weight is 265 g/mol. The zero-order valence-electron chi connectivity index (χ0n) is 10.5. The van der Waals surface area contributed by atoms with Crippen molar-refractivity contribution in [1.82, 2.24) is 4.98 Å². The van der Waals surface area contributed by atoms with Gasteiger partial charge in [0.25, 0.3) is 0 Å². The first-order valence-corrected chi connectivity index (χ1v) is 6.08. The Bertz CT molecular complexity index is 769. The van der Waals surface area contributed by atoms with Crippen LogP contribution in [0.1, 0.15) is 10.4 Å². The van der Waals surface area contributed by atoms with Crippen LogP contribution >= 0.6 is 0 Å². The van der Waals surface area contributed by atoms with E-state index in [2.05, 4.69) is 4.98 Å². The summed E-state index contributed by atoms with van der Waals surface area (Å²) in [6.45, 7) is 0. The molecule has 0 radical (unpaired) electrons.